The number of ether oxygens (including phenoxy) is 3. The second-order valence-electron chi connectivity index (χ2n) is 19.5. The first kappa shape index (κ1) is 71.0. The highest BCUT2D eigenvalue weighted by Crippen LogP contribution is 2.13. The van der Waals surface area contributed by atoms with E-state index in [1.165, 1.54) is 57.8 Å². The smallest absolute Gasteiger partial charge is 0.306 e. The Kier molecular flexibility index (Phi) is 58.5. The van der Waals surface area contributed by atoms with Crippen molar-refractivity contribution >= 4 is 17.9 Å². The maximum atomic E-state index is 12.9. The lowest BCUT2D eigenvalue weighted by atomic mass is 10.1. The van der Waals surface area contributed by atoms with Gasteiger partial charge in [0, 0.05) is 19.3 Å². The largest absolute Gasteiger partial charge is 0.462 e. The number of unbranched alkanes of at least 4 members (excludes halogenated alkanes) is 16. The highest BCUT2D eigenvalue weighted by atomic mass is 16.6. The maximum Gasteiger partial charge on any atom is 0.306 e. The average molecular weight is 1050 g/mol. The molecule has 6 heteroatoms. The number of hydrogen-bond donors (Lipinski definition) is 0. The lowest BCUT2D eigenvalue weighted by Gasteiger charge is -2.18. The van der Waals surface area contributed by atoms with E-state index in [0.29, 0.717) is 19.3 Å². The van der Waals surface area contributed by atoms with Crippen LogP contribution < -0.4 is 0 Å². The van der Waals surface area contributed by atoms with Gasteiger partial charge in [-0.1, -0.05) is 237 Å². The molecule has 0 amide bonds. The van der Waals surface area contributed by atoms with Crippen molar-refractivity contribution in [2.75, 3.05) is 13.2 Å². The van der Waals surface area contributed by atoms with Crippen LogP contribution in [0.3, 0.4) is 0 Å². The molecule has 426 valence electrons. The third-order valence-corrected chi connectivity index (χ3v) is 12.2. The monoisotopic (exact) mass is 1050 g/mol. The number of rotatable bonds is 53. The molecule has 0 aliphatic carbocycles. The maximum absolute atomic E-state index is 12.9. The second kappa shape index (κ2) is 62.6. The minimum absolute atomic E-state index is 0.117. The zero-order valence-corrected chi connectivity index (χ0v) is 48.7. The Hall–Kier alpha value is -4.97. The molecular weight excluding hydrogens is 937 g/mol. The van der Waals surface area contributed by atoms with E-state index in [1.54, 1.807) is 0 Å². The molecule has 0 aromatic rings. The van der Waals surface area contributed by atoms with Crippen LogP contribution in [0, 0.1) is 0 Å². The SMILES string of the molecule is CC/C=C\C/C=C\C/C=C\C/C=C\C/C=C\C/C=C\CCCCC(=O)OCC(COC(=O)CCCCCCCCC/C=C\C/C=C\CCCCCC)OC(=O)CCCCC/C=C\C/C=C\C/C=C\C/C=C\C/C=C\CC. The van der Waals surface area contributed by atoms with Gasteiger partial charge in [-0.25, -0.2) is 0 Å². The quantitative estimate of drug-likeness (QED) is 0.0261. The van der Waals surface area contributed by atoms with Gasteiger partial charge in [0.05, 0.1) is 0 Å². The molecule has 0 heterocycles. The van der Waals surface area contributed by atoms with E-state index in [0.717, 1.165) is 135 Å². The van der Waals surface area contributed by atoms with Crippen LogP contribution in [0.1, 0.15) is 245 Å². The predicted octanol–water partition coefficient (Wildman–Crippen LogP) is 20.9. The van der Waals surface area contributed by atoms with E-state index in [4.69, 9.17) is 14.2 Å². The number of hydrogen-bond acceptors (Lipinski definition) is 6. The molecule has 0 aliphatic heterocycles. The summed E-state index contributed by atoms with van der Waals surface area (Å²) in [6.07, 6.45) is 90.9. The van der Waals surface area contributed by atoms with Crippen LogP contribution in [0.2, 0.25) is 0 Å². The number of carbonyl (C=O) groups is 3. The van der Waals surface area contributed by atoms with E-state index in [9.17, 15) is 14.4 Å². The average Bonchev–Trinajstić information content (AvgIpc) is 3.42. The number of carbonyl (C=O) groups excluding carboxylic acids is 3. The second-order valence-corrected chi connectivity index (χ2v) is 19.5. The Labute approximate surface area is 467 Å². The first-order valence-corrected chi connectivity index (χ1v) is 30.5. The first-order chi connectivity index (χ1) is 37.5. The van der Waals surface area contributed by atoms with Crippen molar-refractivity contribution in [2.45, 2.75) is 252 Å². The summed E-state index contributed by atoms with van der Waals surface area (Å²) < 4.78 is 16.8. The molecule has 0 aromatic heterocycles. The van der Waals surface area contributed by atoms with Gasteiger partial charge in [0.1, 0.15) is 13.2 Å². The molecule has 0 N–H and O–H groups in total. The van der Waals surface area contributed by atoms with Crippen molar-refractivity contribution < 1.29 is 28.6 Å². The normalized spacial score (nSPS) is 13.2. The molecule has 1 unspecified atom stereocenters. The van der Waals surface area contributed by atoms with E-state index in [-0.39, 0.29) is 44.0 Å². The summed E-state index contributed by atoms with van der Waals surface area (Å²) in [5, 5.41) is 0. The summed E-state index contributed by atoms with van der Waals surface area (Å²) in [5.74, 6) is -1.01. The first-order valence-electron chi connectivity index (χ1n) is 30.5. The Morgan fingerprint density at radius 1 is 0.276 bits per heavy atom. The lowest BCUT2D eigenvalue weighted by molar-refractivity contribution is -0.167. The molecule has 6 nitrogen and oxygen atoms in total. The molecule has 1 atom stereocenters. The summed E-state index contributed by atoms with van der Waals surface area (Å²) in [7, 11) is 0. The molecule has 0 saturated carbocycles. The van der Waals surface area contributed by atoms with Crippen LogP contribution >= 0.6 is 0 Å². The van der Waals surface area contributed by atoms with Crippen molar-refractivity contribution in [3.05, 3.63) is 158 Å². The van der Waals surface area contributed by atoms with E-state index < -0.39 is 6.10 Å². The Morgan fingerprint density at radius 3 is 0.842 bits per heavy atom. The predicted molar refractivity (Wildman–Crippen MR) is 329 cm³/mol. The van der Waals surface area contributed by atoms with Gasteiger partial charge in [0.25, 0.3) is 0 Å². The van der Waals surface area contributed by atoms with Gasteiger partial charge in [0.15, 0.2) is 6.10 Å². The zero-order valence-electron chi connectivity index (χ0n) is 48.7. The molecular formula is C70H110O6. The van der Waals surface area contributed by atoms with Crippen molar-refractivity contribution in [1.29, 1.82) is 0 Å². The van der Waals surface area contributed by atoms with Crippen LogP contribution in [-0.2, 0) is 28.6 Å². The van der Waals surface area contributed by atoms with Crippen LogP contribution in [0.4, 0.5) is 0 Å². The highest BCUT2D eigenvalue weighted by Gasteiger charge is 2.19. The summed E-state index contributed by atoms with van der Waals surface area (Å²) in [6, 6.07) is 0. The Morgan fingerprint density at radius 2 is 0.513 bits per heavy atom. The fourth-order valence-electron chi connectivity index (χ4n) is 7.74. The van der Waals surface area contributed by atoms with Crippen molar-refractivity contribution in [3.8, 4) is 0 Å². The Balaban J connectivity index is 4.58. The Bertz CT molecular complexity index is 1720. The molecule has 0 radical (unpaired) electrons. The van der Waals surface area contributed by atoms with Crippen LogP contribution in [-0.4, -0.2) is 37.2 Å². The van der Waals surface area contributed by atoms with Crippen LogP contribution in [0.25, 0.3) is 0 Å². The lowest BCUT2D eigenvalue weighted by Crippen LogP contribution is -2.30. The standard InChI is InChI=1S/C70H110O6/c1-4-7-10-13-16-19-22-25-28-31-34-35-37-39-42-45-48-51-54-57-60-63-69(72)75-66-67(65-74-68(71)62-59-56-53-50-47-44-41-38-33-30-27-24-21-18-15-12-9-6-3)76-70(73)64-61-58-55-52-49-46-43-40-36-32-29-26-23-20-17-14-11-8-5-2/h7-8,10-11,16-17,19-21,24-26,28-30,33-36,39-40,42,46,48-49,51,67H,4-6,9,12-15,18,22-23,27,31-32,37-38,41,43-45,47,50,52-66H2,1-3H3/b10-7-,11-8-,19-16-,20-17-,24-21-,28-25-,29-26-,33-30-,35-34-,40-36-,42-39-,49-46-,51-48-. The number of allylic oxidation sites excluding steroid dienone is 26. The van der Waals surface area contributed by atoms with Gasteiger partial charge in [-0.15, -0.1) is 0 Å². The van der Waals surface area contributed by atoms with Crippen molar-refractivity contribution in [3.63, 3.8) is 0 Å². The molecule has 0 fully saturated rings. The zero-order chi connectivity index (χ0) is 55.0. The van der Waals surface area contributed by atoms with Gasteiger partial charge in [-0.3, -0.25) is 14.4 Å². The fourth-order valence-corrected chi connectivity index (χ4v) is 7.74. The van der Waals surface area contributed by atoms with Crippen molar-refractivity contribution in [2.24, 2.45) is 0 Å². The highest BCUT2D eigenvalue weighted by molar-refractivity contribution is 5.71. The van der Waals surface area contributed by atoms with Crippen LogP contribution in [0.15, 0.2) is 158 Å². The fraction of sp³-hybridized carbons (Fsp3) is 0.586. The summed E-state index contributed by atoms with van der Waals surface area (Å²) in [6.45, 7) is 6.32. The van der Waals surface area contributed by atoms with E-state index in [1.807, 2.05) is 0 Å². The van der Waals surface area contributed by atoms with Gasteiger partial charge < -0.3 is 14.2 Å². The van der Waals surface area contributed by atoms with Gasteiger partial charge in [-0.2, -0.15) is 0 Å². The molecule has 0 aliphatic rings. The number of esters is 3. The summed E-state index contributed by atoms with van der Waals surface area (Å²) in [4.78, 5) is 38.3. The molecule has 0 spiro atoms. The molecule has 76 heavy (non-hydrogen) atoms. The molecule has 0 bridgehead atoms. The van der Waals surface area contributed by atoms with E-state index in [2.05, 4.69) is 179 Å². The topological polar surface area (TPSA) is 78.9 Å². The summed E-state index contributed by atoms with van der Waals surface area (Å²) in [5.41, 5.74) is 0. The third-order valence-electron chi connectivity index (χ3n) is 12.2. The van der Waals surface area contributed by atoms with Gasteiger partial charge >= 0.3 is 17.9 Å². The minimum Gasteiger partial charge on any atom is -0.462 e. The minimum atomic E-state index is -0.827. The van der Waals surface area contributed by atoms with Gasteiger partial charge in [-0.05, 0) is 148 Å². The molecule has 0 rings (SSSR count). The van der Waals surface area contributed by atoms with Gasteiger partial charge in [0.2, 0.25) is 0 Å². The van der Waals surface area contributed by atoms with Crippen molar-refractivity contribution in [1.82, 2.24) is 0 Å². The molecule has 0 aromatic carbocycles. The third kappa shape index (κ3) is 59.9. The van der Waals surface area contributed by atoms with E-state index >= 15 is 0 Å². The molecule has 0 saturated heterocycles. The summed E-state index contributed by atoms with van der Waals surface area (Å²) >= 11 is 0. The van der Waals surface area contributed by atoms with Crippen LogP contribution in [0.5, 0.6) is 0 Å².